The Morgan fingerprint density at radius 1 is 1.16 bits per heavy atom. The van der Waals surface area contributed by atoms with Crippen LogP contribution >= 0.6 is 0 Å². The molecule has 2 aliphatic rings. The lowest BCUT2D eigenvalue weighted by Gasteiger charge is -2.37. The lowest BCUT2D eigenvalue weighted by Crippen LogP contribution is -2.43. The molecule has 0 aliphatic carbocycles. The largest absolute Gasteiger partial charge is 0.381 e. The van der Waals surface area contributed by atoms with E-state index < -0.39 is 5.67 Å². The number of nitrogens with zero attached hydrogens (tertiary/aromatic N) is 3. The number of amides is 1. The van der Waals surface area contributed by atoms with Crippen molar-refractivity contribution in [2.45, 2.75) is 64.5 Å². The van der Waals surface area contributed by atoms with Crippen LogP contribution in [0.1, 0.15) is 82.7 Å². The van der Waals surface area contributed by atoms with Gasteiger partial charge in [-0.05, 0) is 68.0 Å². The number of aromatic amines is 1. The van der Waals surface area contributed by atoms with Crippen molar-refractivity contribution in [3.63, 3.8) is 0 Å². The predicted octanol–water partition coefficient (Wildman–Crippen LogP) is 6.12. The van der Waals surface area contributed by atoms with E-state index in [1.807, 2.05) is 13.0 Å². The number of hydrogen-bond donors (Lipinski definition) is 1. The number of carbonyl (C=O) groups is 1. The zero-order chi connectivity index (χ0) is 26.9. The van der Waals surface area contributed by atoms with E-state index in [0.717, 1.165) is 66.4 Å². The molecule has 198 valence electrons. The second-order valence-corrected chi connectivity index (χ2v) is 10.6. The Kier molecular flexibility index (Phi) is 7.36. The SMILES string of the molecule is CCc1[nH]c(C2CCOCC2)nc1-c1cc(C(=O)N2CCC(F)(c3ccc(C#N)cc3)CC2)c(C)cc1C. The minimum absolute atomic E-state index is 0.0659. The molecule has 6 nitrogen and oxygen atoms in total. The molecule has 0 spiro atoms. The molecule has 1 N–H and O–H groups in total. The first-order valence-corrected chi connectivity index (χ1v) is 13.6. The molecule has 1 aromatic heterocycles. The summed E-state index contributed by atoms with van der Waals surface area (Å²) < 4.78 is 21.3. The summed E-state index contributed by atoms with van der Waals surface area (Å²) in [6.07, 6.45) is 3.20. The first kappa shape index (κ1) is 26.1. The van der Waals surface area contributed by atoms with Crippen LogP contribution in [0.3, 0.4) is 0 Å². The maximum Gasteiger partial charge on any atom is 0.254 e. The first-order valence-electron chi connectivity index (χ1n) is 13.6. The number of aryl methyl sites for hydroxylation is 3. The van der Waals surface area contributed by atoms with Gasteiger partial charge in [0.2, 0.25) is 0 Å². The molecule has 0 saturated carbocycles. The molecule has 2 saturated heterocycles. The first-order chi connectivity index (χ1) is 18.3. The van der Waals surface area contributed by atoms with E-state index in [-0.39, 0.29) is 18.7 Å². The number of imidazole rings is 1. The van der Waals surface area contributed by atoms with E-state index in [4.69, 9.17) is 15.0 Å². The van der Waals surface area contributed by atoms with E-state index >= 15 is 4.39 Å². The van der Waals surface area contributed by atoms with Crippen LogP contribution in [0.5, 0.6) is 0 Å². The van der Waals surface area contributed by atoms with Gasteiger partial charge in [-0.15, -0.1) is 0 Å². The number of carbonyl (C=O) groups excluding carboxylic acids is 1. The van der Waals surface area contributed by atoms with Crippen LogP contribution in [0.15, 0.2) is 36.4 Å². The molecule has 7 heteroatoms. The average molecular weight is 515 g/mol. The molecule has 0 atom stereocenters. The monoisotopic (exact) mass is 514 g/mol. The maximum atomic E-state index is 15.8. The highest BCUT2D eigenvalue weighted by atomic mass is 19.1. The van der Waals surface area contributed by atoms with Crippen molar-refractivity contribution >= 4 is 5.91 Å². The van der Waals surface area contributed by atoms with Crippen molar-refractivity contribution in [3.05, 3.63) is 75.7 Å². The zero-order valence-electron chi connectivity index (χ0n) is 22.4. The molecular weight excluding hydrogens is 479 g/mol. The van der Waals surface area contributed by atoms with Gasteiger partial charge in [-0.1, -0.05) is 25.1 Å². The third-order valence-corrected chi connectivity index (χ3v) is 8.19. The third-order valence-electron chi connectivity index (χ3n) is 8.19. The van der Waals surface area contributed by atoms with Crippen LogP contribution < -0.4 is 0 Å². The Morgan fingerprint density at radius 3 is 2.47 bits per heavy atom. The van der Waals surface area contributed by atoms with Crippen molar-refractivity contribution in [2.75, 3.05) is 26.3 Å². The highest BCUT2D eigenvalue weighted by Gasteiger charge is 2.38. The Morgan fingerprint density at radius 2 is 1.84 bits per heavy atom. The Hall–Kier alpha value is -3.50. The average Bonchev–Trinajstić information content (AvgIpc) is 3.38. The molecule has 3 aromatic rings. The number of hydrogen-bond acceptors (Lipinski definition) is 4. The number of nitriles is 1. The number of rotatable bonds is 5. The van der Waals surface area contributed by atoms with Crippen molar-refractivity contribution in [3.8, 4) is 17.3 Å². The van der Waals surface area contributed by atoms with E-state index in [2.05, 4.69) is 31.0 Å². The van der Waals surface area contributed by atoms with Gasteiger partial charge in [0.15, 0.2) is 0 Å². The highest BCUT2D eigenvalue weighted by Crippen LogP contribution is 2.38. The van der Waals surface area contributed by atoms with Gasteiger partial charge in [0, 0.05) is 61.9 Å². The Balaban J connectivity index is 1.38. The number of likely N-dealkylation sites (tertiary alicyclic amines) is 1. The lowest BCUT2D eigenvalue weighted by molar-refractivity contribution is 0.0421. The fourth-order valence-corrected chi connectivity index (χ4v) is 5.78. The molecule has 0 unspecified atom stereocenters. The van der Waals surface area contributed by atoms with Gasteiger partial charge in [0.1, 0.15) is 11.5 Å². The predicted molar refractivity (Wildman–Crippen MR) is 145 cm³/mol. The number of piperidine rings is 1. The van der Waals surface area contributed by atoms with Crippen molar-refractivity contribution < 1.29 is 13.9 Å². The fourth-order valence-electron chi connectivity index (χ4n) is 5.78. The van der Waals surface area contributed by atoms with Gasteiger partial charge in [0.05, 0.1) is 17.3 Å². The van der Waals surface area contributed by atoms with E-state index in [9.17, 15) is 4.79 Å². The van der Waals surface area contributed by atoms with Crippen LogP contribution in [-0.4, -0.2) is 47.1 Å². The molecule has 2 fully saturated rings. The van der Waals surface area contributed by atoms with Gasteiger partial charge in [-0.2, -0.15) is 5.26 Å². The highest BCUT2D eigenvalue weighted by molar-refractivity contribution is 5.97. The number of H-pyrrole nitrogens is 1. The summed E-state index contributed by atoms with van der Waals surface area (Å²) in [6, 6.07) is 12.8. The summed E-state index contributed by atoms with van der Waals surface area (Å²) >= 11 is 0. The normalized spacial score (nSPS) is 17.8. The Bertz CT molecular complexity index is 1360. The number of aromatic nitrogens is 2. The van der Waals surface area contributed by atoms with Crippen molar-refractivity contribution in [1.82, 2.24) is 14.9 Å². The van der Waals surface area contributed by atoms with Crippen LogP contribution in [0, 0.1) is 25.2 Å². The number of alkyl halides is 1. The Labute approximate surface area is 223 Å². The van der Waals surface area contributed by atoms with Gasteiger partial charge in [0.25, 0.3) is 5.91 Å². The summed E-state index contributed by atoms with van der Waals surface area (Å²) in [7, 11) is 0. The van der Waals surface area contributed by atoms with Crippen LogP contribution in [0.25, 0.3) is 11.3 Å². The van der Waals surface area contributed by atoms with E-state index in [0.29, 0.717) is 35.7 Å². The molecular formula is C31H35FN4O2. The standard InChI is InChI=1S/C31H35FN4O2/c1-4-27-28(35-29(34-27)23-9-15-38-16-10-23)25-18-26(21(3)17-20(25)2)30(37)36-13-11-31(32,12-14-36)24-7-5-22(19-33)6-8-24/h5-8,17-18,23H,4,9-16H2,1-3H3,(H,34,35). The zero-order valence-corrected chi connectivity index (χ0v) is 22.4. The third kappa shape index (κ3) is 4.98. The summed E-state index contributed by atoms with van der Waals surface area (Å²) in [6.45, 7) is 8.34. The molecule has 0 radical (unpaired) electrons. The summed E-state index contributed by atoms with van der Waals surface area (Å²) in [5, 5.41) is 9.03. The van der Waals surface area contributed by atoms with Crippen molar-refractivity contribution in [2.24, 2.45) is 0 Å². The smallest absolute Gasteiger partial charge is 0.254 e. The molecule has 38 heavy (non-hydrogen) atoms. The number of halogens is 1. The minimum Gasteiger partial charge on any atom is -0.381 e. The molecule has 3 heterocycles. The quantitative estimate of drug-likeness (QED) is 0.445. The topological polar surface area (TPSA) is 82.0 Å². The second kappa shape index (κ2) is 10.7. The minimum atomic E-state index is -1.50. The van der Waals surface area contributed by atoms with E-state index in [1.54, 1.807) is 29.2 Å². The molecule has 1 amide bonds. The summed E-state index contributed by atoms with van der Waals surface area (Å²) in [5.74, 6) is 1.30. The van der Waals surface area contributed by atoms with Crippen LogP contribution in [0.2, 0.25) is 0 Å². The van der Waals surface area contributed by atoms with Gasteiger partial charge in [-0.3, -0.25) is 4.79 Å². The number of benzene rings is 2. The summed E-state index contributed by atoms with van der Waals surface area (Å²) in [4.78, 5) is 24.0. The molecule has 0 bridgehead atoms. The summed E-state index contributed by atoms with van der Waals surface area (Å²) in [5.41, 5.74) is 5.21. The lowest BCUT2D eigenvalue weighted by atomic mass is 9.85. The van der Waals surface area contributed by atoms with Gasteiger partial charge in [-0.25, -0.2) is 9.37 Å². The maximum absolute atomic E-state index is 15.8. The molecule has 2 aromatic carbocycles. The fraction of sp³-hybridized carbons (Fsp3) is 0.452. The van der Waals surface area contributed by atoms with Gasteiger partial charge >= 0.3 is 0 Å². The van der Waals surface area contributed by atoms with Gasteiger partial charge < -0.3 is 14.6 Å². The van der Waals surface area contributed by atoms with Crippen molar-refractivity contribution in [1.29, 1.82) is 5.26 Å². The second-order valence-electron chi connectivity index (χ2n) is 10.6. The van der Waals surface area contributed by atoms with E-state index in [1.165, 1.54) is 0 Å². The molecule has 2 aliphatic heterocycles. The number of ether oxygens (including phenoxy) is 1. The van der Waals surface area contributed by atoms with Crippen LogP contribution in [-0.2, 0) is 16.8 Å². The van der Waals surface area contributed by atoms with Crippen LogP contribution in [0.4, 0.5) is 4.39 Å². The molecule has 5 rings (SSSR count). The number of nitrogens with one attached hydrogen (secondary N) is 1.